The highest BCUT2D eigenvalue weighted by atomic mass is 16.3. The Labute approximate surface area is 237 Å². The third-order valence-corrected chi connectivity index (χ3v) is 7.64. The van der Waals surface area contributed by atoms with Gasteiger partial charge in [-0.15, -0.1) is 0 Å². The summed E-state index contributed by atoms with van der Waals surface area (Å²) >= 11 is 0. The van der Waals surface area contributed by atoms with Gasteiger partial charge in [-0.05, 0) is 67.2 Å². The van der Waals surface area contributed by atoms with E-state index in [4.69, 9.17) is 0 Å². The number of aliphatic hydroxyl groups is 2. The van der Waals surface area contributed by atoms with E-state index in [0.717, 1.165) is 17.5 Å². The van der Waals surface area contributed by atoms with Crippen LogP contribution in [-0.2, 0) is 36.3 Å². The standard InChI is InChI=1S/C34H40N2O4/c1-4-33(16-9-17-35-33)24-34(40,29-14-15-30(38)28(20-29)23-37)22-27-13-8-12-26(18-27)19-31(39)36-32(2,3)21-25-10-6-5-7-11-25/h5-18,20,37-38,40H,4,19,21-24H2,1-3H3,(H,36,39). The molecule has 6 heteroatoms. The number of aliphatic hydroxyl groups excluding tert-OH is 1. The molecule has 1 heterocycles. The van der Waals surface area contributed by atoms with E-state index in [1.54, 1.807) is 18.3 Å². The van der Waals surface area contributed by atoms with Crippen LogP contribution in [0.5, 0.6) is 5.75 Å². The number of nitrogens with zero attached hydrogens (tertiary/aromatic N) is 1. The topological polar surface area (TPSA) is 102 Å². The lowest BCUT2D eigenvalue weighted by molar-refractivity contribution is -0.122. The molecule has 6 nitrogen and oxygen atoms in total. The number of allylic oxidation sites excluding steroid dienone is 1. The van der Waals surface area contributed by atoms with Crippen molar-refractivity contribution in [2.75, 3.05) is 0 Å². The number of aliphatic imine (C=N–C) groups is 1. The van der Waals surface area contributed by atoms with Crippen molar-refractivity contribution in [3.05, 3.63) is 113 Å². The zero-order valence-corrected chi connectivity index (χ0v) is 23.6. The fourth-order valence-electron chi connectivity index (χ4n) is 5.61. The summed E-state index contributed by atoms with van der Waals surface area (Å²) in [4.78, 5) is 17.7. The van der Waals surface area contributed by atoms with E-state index in [1.807, 2.05) is 75.4 Å². The summed E-state index contributed by atoms with van der Waals surface area (Å²) in [7, 11) is 0. The fourth-order valence-corrected chi connectivity index (χ4v) is 5.61. The van der Waals surface area contributed by atoms with Crippen LogP contribution in [0, 0.1) is 0 Å². The predicted molar refractivity (Wildman–Crippen MR) is 159 cm³/mol. The molecule has 4 N–H and O–H groups in total. The number of carbonyl (C=O) groups excluding carboxylic acids is 1. The molecule has 0 saturated carbocycles. The van der Waals surface area contributed by atoms with Crippen LogP contribution in [0.4, 0.5) is 0 Å². The van der Waals surface area contributed by atoms with Gasteiger partial charge in [-0.1, -0.05) is 73.7 Å². The second kappa shape index (κ2) is 12.2. The average molecular weight is 541 g/mol. The minimum absolute atomic E-state index is 0.0132. The lowest BCUT2D eigenvalue weighted by Crippen LogP contribution is -2.45. The molecule has 0 bridgehead atoms. The molecule has 1 aliphatic heterocycles. The van der Waals surface area contributed by atoms with Crippen LogP contribution >= 0.6 is 0 Å². The van der Waals surface area contributed by atoms with Crippen molar-refractivity contribution in [1.82, 2.24) is 5.32 Å². The average Bonchev–Trinajstić information content (AvgIpc) is 3.37. The van der Waals surface area contributed by atoms with E-state index in [2.05, 4.69) is 22.4 Å². The van der Waals surface area contributed by atoms with Gasteiger partial charge in [0.25, 0.3) is 0 Å². The van der Waals surface area contributed by atoms with E-state index in [9.17, 15) is 20.1 Å². The molecule has 3 aromatic rings. The molecule has 0 aliphatic carbocycles. The zero-order chi connectivity index (χ0) is 28.8. The van der Waals surface area contributed by atoms with Crippen molar-refractivity contribution < 1.29 is 20.1 Å². The van der Waals surface area contributed by atoms with Crippen LogP contribution in [0.1, 0.15) is 61.4 Å². The van der Waals surface area contributed by atoms with Gasteiger partial charge in [-0.2, -0.15) is 0 Å². The second-order valence-corrected chi connectivity index (χ2v) is 11.6. The third-order valence-electron chi connectivity index (χ3n) is 7.64. The number of hydrogen-bond acceptors (Lipinski definition) is 5. The summed E-state index contributed by atoms with van der Waals surface area (Å²) in [5, 5.41) is 35.3. The van der Waals surface area contributed by atoms with E-state index in [1.165, 1.54) is 11.6 Å². The number of benzene rings is 3. The molecular weight excluding hydrogens is 500 g/mol. The van der Waals surface area contributed by atoms with Gasteiger partial charge in [-0.25, -0.2) is 0 Å². The van der Waals surface area contributed by atoms with Gasteiger partial charge in [-0.3, -0.25) is 9.79 Å². The molecule has 0 saturated heterocycles. The Bertz CT molecular complexity index is 1370. The first-order valence-corrected chi connectivity index (χ1v) is 13.9. The number of nitrogens with one attached hydrogen (secondary N) is 1. The van der Waals surface area contributed by atoms with Crippen LogP contribution in [0.2, 0.25) is 0 Å². The Morgan fingerprint density at radius 3 is 2.35 bits per heavy atom. The van der Waals surface area contributed by atoms with Gasteiger partial charge in [0.15, 0.2) is 0 Å². The van der Waals surface area contributed by atoms with Crippen molar-refractivity contribution >= 4 is 12.1 Å². The summed E-state index contributed by atoms with van der Waals surface area (Å²) < 4.78 is 0. The molecule has 40 heavy (non-hydrogen) atoms. The molecule has 4 rings (SSSR count). The Balaban J connectivity index is 1.54. The number of hydrogen-bond donors (Lipinski definition) is 4. The Hall–Kier alpha value is -3.74. The molecule has 0 spiro atoms. The van der Waals surface area contributed by atoms with Crippen LogP contribution in [-0.4, -0.2) is 38.5 Å². The SMILES string of the molecule is CCC1(CC(O)(Cc2cccc(CC(=O)NC(C)(C)Cc3ccccc3)c2)c2ccc(O)c(CO)c2)C=CC=N1. The first-order chi connectivity index (χ1) is 19.1. The molecule has 3 aromatic carbocycles. The maximum absolute atomic E-state index is 13.0. The number of amides is 1. The number of aromatic hydroxyl groups is 1. The molecular formula is C34H40N2O4. The van der Waals surface area contributed by atoms with Crippen LogP contribution < -0.4 is 5.32 Å². The molecule has 210 valence electrons. The summed E-state index contributed by atoms with van der Waals surface area (Å²) in [6, 6.07) is 22.7. The van der Waals surface area contributed by atoms with Gasteiger partial charge in [0.2, 0.25) is 5.91 Å². The third kappa shape index (κ3) is 7.26. The smallest absolute Gasteiger partial charge is 0.224 e. The summed E-state index contributed by atoms with van der Waals surface area (Å²) in [6.07, 6.45) is 7.96. The van der Waals surface area contributed by atoms with Crippen LogP contribution in [0.25, 0.3) is 0 Å². The van der Waals surface area contributed by atoms with E-state index < -0.39 is 16.7 Å². The first-order valence-electron chi connectivity index (χ1n) is 13.9. The molecule has 1 amide bonds. The molecule has 2 unspecified atom stereocenters. The van der Waals surface area contributed by atoms with Crippen molar-refractivity contribution in [3.63, 3.8) is 0 Å². The van der Waals surface area contributed by atoms with Crippen molar-refractivity contribution in [3.8, 4) is 5.75 Å². The van der Waals surface area contributed by atoms with Gasteiger partial charge < -0.3 is 20.6 Å². The van der Waals surface area contributed by atoms with Crippen LogP contribution in [0.3, 0.4) is 0 Å². The van der Waals surface area contributed by atoms with Crippen molar-refractivity contribution in [2.45, 2.75) is 76.2 Å². The molecule has 0 aromatic heterocycles. The maximum Gasteiger partial charge on any atom is 0.224 e. The molecule has 2 atom stereocenters. The highest BCUT2D eigenvalue weighted by molar-refractivity contribution is 5.79. The normalized spacial score (nSPS) is 18.0. The van der Waals surface area contributed by atoms with Crippen LogP contribution in [0.15, 0.2) is 89.9 Å². The zero-order valence-electron chi connectivity index (χ0n) is 23.6. The maximum atomic E-state index is 13.0. The highest BCUT2D eigenvalue weighted by Crippen LogP contribution is 2.40. The lowest BCUT2D eigenvalue weighted by atomic mass is 9.75. The Morgan fingerprint density at radius 1 is 0.950 bits per heavy atom. The molecule has 0 fully saturated rings. The second-order valence-electron chi connectivity index (χ2n) is 11.6. The quantitative estimate of drug-likeness (QED) is 0.254. The largest absolute Gasteiger partial charge is 0.508 e. The van der Waals surface area contributed by atoms with Crippen molar-refractivity contribution in [2.24, 2.45) is 4.99 Å². The number of rotatable bonds is 12. The Kier molecular flexibility index (Phi) is 8.92. The summed E-state index contributed by atoms with van der Waals surface area (Å²) in [5.41, 5.74) is 1.58. The van der Waals surface area contributed by atoms with E-state index >= 15 is 0 Å². The molecule has 0 radical (unpaired) electrons. The minimum atomic E-state index is -1.34. The molecule has 1 aliphatic rings. The first kappa shape index (κ1) is 29.2. The Morgan fingerprint density at radius 2 is 1.68 bits per heavy atom. The summed E-state index contributed by atoms with van der Waals surface area (Å²) in [6.45, 7) is 5.76. The monoisotopic (exact) mass is 540 g/mol. The number of phenols is 1. The highest BCUT2D eigenvalue weighted by Gasteiger charge is 2.40. The van der Waals surface area contributed by atoms with Gasteiger partial charge in [0.05, 0.1) is 24.2 Å². The van der Waals surface area contributed by atoms with E-state index in [0.29, 0.717) is 24.0 Å². The summed E-state index contributed by atoms with van der Waals surface area (Å²) in [5.74, 6) is -0.0735. The number of carbonyl (C=O) groups is 1. The van der Waals surface area contributed by atoms with Gasteiger partial charge >= 0.3 is 0 Å². The lowest BCUT2D eigenvalue weighted by Gasteiger charge is -2.36. The minimum Gasteiger partial charge on any atom is -0.508 e. The van der Waals surface area contributed by atoms with Gasteiger partial charge in [0.1, 0.15) is 5.75 Å². The van der Waals surface area contributed by atoms with E-state index in [-0.39, 0.29) is 31.1 Å². The van der Waals surface area contributed by atoms with Crippen molar-refractivity contribution in [1.29, 1.82) is 0 Å². The predicted octanol–water partition coefficient (Wildman–Crippen LogP) is 5.17. The van der Waals surface area contributed by atoms with Gasteiger partial charge in [0, 0.05) is 30.2 Å². The fraction of sp³-hybridized carbons (Fsp3) is 0.353.